The number of hydrogen-bond donors (Lipinski definition) is 1. The Balaban J connectivity index is 1.35. The van der Waals surface area contributed by atoms with Crippen molar-refractivity contribution in [2.75, 3.05) is 18.8 Å². The highest BCUT2D eigenvalue weighted by molar-refractivity contribution is 7.99. The fourth-order valence-electron chi connectivity index (χ4n) is 4.79. The molecule has 27 heavy (non-hydrogen) atoms. The van der Waals surface area contributed by atoms with Crippen LogP contribution in [-0.2, 0) is 12.8 Å². The molecule has 2 aliphatic heterocycles. The molecule has 0 aromatic heterocycles. The number of rotatable bonds is 2. The number of aliphatic hydroxyl groups is 1. The first kappa shape index (κ1) is 17.5. The highest BCUT2D eigenvalue weighted by atomic mass is 32.2. The van der Waals surface area contributed by atoms with Crippen molar-refractivity contribution in [3.8, 4) is 0 Å². The van der Waals surface area contributed by atoms with E-state index in [0.717, 1.165) is 37.1 Å². The van der Waals surface area contributed by atoms with Crippen molar-refractivity contribution in [3.05, 3.63) is 70.5 Å². The molecule has 2 aromatic rings. The molecule has 2 heterocycles. The minimum Gasteiger partial charge on any atom is -0.387 e. The van der Waals surface area contributed by atoms with Gasteiger partial charge in [0, 0.05) is 24.0 Å². The average molecular weight is 382 g/mol. The van der Waals surface area contributed by atoms with Gasteiger partial charge in [0.1, 0.15) is 5.82 Å². The van der Waals surface area contributed by atoms with Crippen LogP contribution in [0.1, 0.15) is 41.2 Å². The van der Waals surface area contributed by atoms with Gasteiger partial charge >= 0.3 is 0 Å². The predicted molar refractivity (Wildman–Crippen MR) is 109 cm³/mol. The molecule has 1 N–H and O–H groups in total. The summed E-state index contributed by atoms with van der Waals surface area (Å²) in [6, 6.07) is 11.6. The second-order valence-electron chi connectivity index (χ2n) is 7.78. The van der Waals surface area contributed by atoms with Crippen molar-refractivity contribution in [2.24, 2.45) is 0 Å². The Morgan fingerprint density at radius 2 is 2.04 bits per heavy atom. The molecule has 2 nitrogen and oxygen atoms in total. The molecule has 0 fully saturated rings. The normalized spacial score (nSPS) is 25.0. The van der Waals surface area contributed by atoms with E-state index in [1.807, 2.05) is 11.8 Å². The maximum absolute atomic E-state index is 13.5. The van der Waals surface area contributed by atoms with Gasteiger partial charge in [-0.25, -0.2) is 4.39 Å². The third-order valence-electron chi connectivity index (χ3n) is 6.21. The zero-order valence-corrected chi connectivity index (χ0v) is 16.1. The summed E-state index contributed by atoms with van der Waals surface area (Å²) >= 11 is 2.00. The van der Waals surface area contributed by atoms with Crippen molar-refractivity contribution in [3.63, 3.8) is 0 Å². The summed E-state index contributed by atoms with van der Waals surface area (Å²) in [5.74, 6) is 1.00. The fraction of sp³-hybridized carbons (Fsp3) is 0.391. The molecule has 4 heteroatoms. The highest BCUT2D eigenvalue weighted by Gasteiger charge is 2.36. The first-order valence-corrected chi connectivity index (χ1v) is 10.8. The summed E-state index contributed by atoms with van der Waals surface area (Å²) in [5.41, 5.74) is 6.19. The summed E-state index contributed by atoms with van der Waals surface area (Å²) in [6.45, 7) is 1.79. The molecule has 0 saturated heterocycles. The molecule has 2 aromatic carbocycles. The molecule has 1 aliphatic carbocycles. The SMILES string of the molecule is OC1c2ccc(F)cc2CC1N1CC=C(c2cccc3c2SCCC3)CC1. The van der Waals surface area contributed by atoms with Crippen molar-refractivity contribution < 1.29 is 9.50 Å². The lowest BCUT2D eigenvalue weighted by atomic mass is 9.95. The van der Waals surface area contributed by atoms with E-state index in [4.69, 9.17) is 0 Å². The predicted octanol–water partition coefficient (Wildman–Crippen LogP) is 4.61. The lowest BCUT2D eigenvalue weighted by molar-refractivity contribution is 0.0670. The highest BCUT2D eigenvalue weighted by Crippen LogP contribution is 2.40. The number of thioether (sulfide) groups is 1. The Bertz CT molecular complexity index is 909. The van der Waals surface area contributed by atoms with Gasteiger partial charge in [-0.2, -0.15) is 0 Å². The number of benzene rings is 2. The Morgan fingerprint density at radius 3 is 2.89 bits per heavy atom. The van der Waals surface area contributed by atoms with E-state index in [9.17, 15) is 9.50 Å². The molecular weight excluding hydrogens is 357 g/mol. The van der Waals surface area contributed by atoms with Gasteiger partial charge in [-0.3, -0.25) is 4.90 Å². The van der Waals surface area contributed by atoms with Gasteiger partial charge in [-0.15, -0.1) is 11.8 Å². The van der Waals surface area contributed by atoms with Crippen LogP contribution in [0, 0.1) is 5.82 Å². The third-order valence-corrected chi connectivity index (χ3v) is 7.47. The molecule has 5 rings (SSSR count). The van der Waals surface area contributed by atoms with Gasteiger partial charge in [-0.1, -0.05) is 30.3 Å². The second kappa shape index (κ2) is 7.08. The number of hydrogen-bond acceptors (Lipinski definition) is 3. The van der Waals surface area contributed by atoms with Crippen LogP contribution in [0.4, 0.5) is 4.39 Å². The van der Waals surface area contributed by atoms with Gasteiger partial charge in [-0.05, 0) is 71.4 Å². The number of halogens is 1. The summed E-state index contributed by atoms with van der Waals surface area (Å²) in [7, 11) is 0. The second-order valence-corrected chi connectivity index (χ2v) is 8.88. The third kappa shape index (κ3) is 3.14. The molecule has 2 atom stereocenters. The van der Waals surface area contributed by atoms with E-state index in [1.54, 1.807) is 12.1 Å². The Labute approximate surface area is 164 Å². The Kier molecular flexibility index (Phi) is 4.58. The molecule has 140 valence electrons. The summed E-state index contributed by atoms with van der Waals surface area (Å²) < 4.78 is 13.5. The monoisotopic (exact) mass is 381 g/mol. The zero-order valence-electron chi connectivity index (χ0n) is 15.3. The molecule has 0 spiro atoms. The number of nitrogens with zero attached hydrogens (tertiary/aromatic N) is 1. The van der Waals surface area contributed by atoms with Gasteiger partial charge in [0.25, 0.3) is 0 Å². The quantitative estimate of drug-likeness (QED) is 0.822. The fourth-order valence-corrected chi connectivity index (χ4v) is 5.99. The standard InChI is InChI=1S/C23H24FNOS/c24-18-6-7-19-17(13-18)14-21(22(19)26)25-10-8-15(9-11-25)20-5-1-3-16-4-2-12-27-23(16)20/h1,3,5-8,13,21-22,26H,2,4,9-12,14H2. The minimum absolute atomic E-state index is 0.0543. The smallest absolute Gasteiger partial charge is 0.123 e. The van der Waals surface area contributed by atoms with E-state index < -0.39 is 6.10 Å². The maximum atomic E-state index is 13.5. The molecule has 0 saturated carbocycles. The first-order valence-electron chi connectivity index (χ1n) is 9.85. The molecule has 0 radical (unpaired) electrons. The number of fused-ring (bicyclic) bond motifs is 2. The Hall–Kier alpha value is -1.62. The lowest BCUT2D eigenvalue weighted by Crippen LogP contribution is -2.40. The van der Waals surface area contributed by atoms with Crippen molar-refractivity contribution in [1.82, 2.24) is 4.90 Å². The van der Waals surface area contributed by atoms with Crippen molar-refractivity contribution >= 4 is 17.3 Å². The topological polar surface area (TPSA) is 23.5 Å². The van der Waals surface area contributed by atoms with Crippen LogP contribution < -0.4 is 0 Å². The van der Waals surface area contributed by atoms with Crippen LogP contribution in [0.25, 0.3) is 5.57 Å². The van der Waals surface area contributed by atoms with Crippen LogP contribution in [0.5, 0.6) is 0 Å². The van der Waals surface area contributed by atoms with Gasteiger partial charge in [0.05, 0.1) is 6.10 Å². The molecular formula is C23H24FNOS. The molecule has 0 bridgehead atoms. The van der Waals surface area contributed by atoms with Crippen LogP contribution in [0.2, 0.25) is 0 Å². The summed E-state index contributed by atoms with van der Waals surface area (Å²) in [6.07, 6.45) is 6.02. The van der Waals surface area contributed by atoms with Crippen molar-refractivity contribution in [1.29, 1.82) is 0 Å². The number of aryl methyl sites for hydroxylation is 1. The van der Waals surface area contributed by atoms with E-state index in [0.29, 0.717) is 0 Å². The minimum atomic E-state index is -0.518. The lowest BCUT2D eigenvalue weighted by Gasteiger charge is -2.34. The van der Waals surface area contributed by atoms with Crippen molar-refractivity contribution in [2.45, 2.75) is 42.7 Å². The van der Waals surface area contributed by atoms with Crippen LogP contribution in [-0.4, -0.2) is 34.9 Å². The van der Waals surface area contributed by atoms with Gasteiger partial charge in [0.2, 0.25) is 0 Å². The van der Waals surface area contributed by atoms with Gasteiger partial charge in [0.15, 0.2) is 0 Å². The molecule has 0 amide bonds. The maximum Gasteiger partial charge on any atom is 0.123 e. The van der Waals surface area contributed by atoms with E-state index in [-0.39, 0.29) is 11.9 Å². The molecule has 3 aliphatic rings. The largest absolute Gasteiger partial charge is 0.387 e. The van der Waals surface area contributed by atoms with Crippen LogP contribution in [0.15, 0.2) is 47.4 Å². The average Bonchev–Trinajstić information content (AvgIpc) is 3.03. The van der Waals surface area contributed by atoms with E-state index >= 15 is 0 Å². The van der Waals surface area contributed by atoms with Crippen LogP contribution >= 0.6 is 11.8 Å². The Morgan fingerprint density at radius 1 is 1.11 bits per heavy atom. The van der Waals surface area contributed by atoms with E-state index in [1.165, 1.54) is 46.3 Å². The van der Waals surface area contributed by atoms with Crippen LogP contribution in [0.3, 0.4) is 0 Å². The first-order chi connectivity index (χ1) is 13.2. The number of aliphatic hydroxyl groups excluding tert-OH is 1. The summed E-state index contributed by atoms with van der Waals surface area (Å²) in [4.78, 5) is 3.83. The van der Waals surface area contributed by atoms with E-state index in [2.05, 4.69) is 29.2 Å². The zero-order chi connectivity index (χ0) is 18.4. The van der Waals surface area contributed by atoms with Gasteiger partial charge < -0.3 is 5.11 Å². The molecule has 2 unspecified atom stereocenters. The summed E-state index contributed by atoms with van der Waals surface area (Å²) in [5, 5.41) is 10.7.